The van der Waals surface area contributed by atoms with Gasteiger partial charge in [-0.1, -0.05) is 26.7 Å². The van der Waals surface area contributed by atoms with Crippen LogP contribution < -0.4 is 5.73 Å². The van der Waals surface area contributed by atoms with Gasteiger partial charge in [-0.2, -0.15) is 0 Å². The highest BCUT2D eigenvalue weighted by atomic mass is 28.4. The van der Waals surface area contributed by atoms with Crippen LogP contribution in [-0.2, 0) is 13.3 Å². The van der Waals surface area contributed by atoms with Gasteiger partial charge in [-0.05, 0) is 18.9 Å². The largest absolute Gasteiger partial charge is 0.500 e. The summed E-state index contributed by atoms with van der Waals surface area (Å²) in [5.74, 6) is 0.373. The highest BCUT2D eigenvalue weighted by molar-refractivity contribution is 6.60. The Morgan fingerprint density at radius 1 is 1.19 bits per heavy atom. The first-order valence-electron chi connectivity index (χ1n) is 6.08. The molecule has 0 saturated heterocycles. The van der Waals surface area contributed by atoms with E-state index in [1.165, 1.54) is 12.8 Å². The Labute approximate surface area is 101 Å². The molecule has 0 aliphatic heterocycles. The first-order chi connectivity index (χ1) is 7.64. The van der Waals surface area contributed by atoms with Crippen molar-refractivity contribution in [3.8, 4) is 0 Å². The lowest BCUT2D eigenvalue weighted by Gasteiger charge is -2.28. The molecule has 0 amide bonds. The summed E-state index contributed by atoms with van der Waals surface area (Å²) in [5.41, 5.74) is 5.62. The van der Waals surface area contributed by atoms with Crippen molar-refractivity contribution in [2.24, 2.45) is 11.7 Å². The van der Waals surface area contributed by atoms with Crippen LogP contribution in [0.5, 0.6) is 0 Å². The lowest BCUT2D eigenvalue weighted by molar-refractivity contribution is 0.0926. The van der Waals surface area contributed by atoms with Crippen molar-refractivity contribution in [2.75, 3.05) is 27.4 Å². The molecule has 0 aromatic carbocycles. The zero-order valence-corrected chi connectivity index (χ0v) is 12.1. The highest BCUT2D eigenvalue weighted by Gasteiger charge is 2.40. The molecule has 2 N–H and O–H groups in total. The van der Waals surface area contributed by atoms with E-state index in [0.717, 1.165) is 19.1 Å². The Morgan fingerprint density at radius 2 is 1.81 bits per heavy atom. The van der Waals surface area contributed by atoms with E-state index >= 15 is 0 Å². The van der Waals surface area contributed by atoms with Crippen LogP contribution in [0.3, 0.4) is 0 Å². The minimum Gasteiger partial charge on any atom is -0.377 e. The van der Waals surface area contributed by atoms with Crippen molar-refractivity contribution >= 4 is 8.80 Å². The van der Waals surface area contributed by atoms with Crippen LogP contribution in [0.4, 0.5) is 0 Å². The fraction of sp³-hybridized carbons (Fsp3) is 1.00. The fourth-order valence-corrected chi connectivity index (χ4v) is 3.85. The topological polar surface area (TPSA) is 53.7 Å². The minimum absolute atomic E-state index is 0.373. The molecule has 0 heterocycles. The lowest BCUT2D eigenvalue weighted by Crippen LogP contribution is -2.46. The molecule has 5 heteroatoms. The van der Waals surface area contributed by atoms with Crippen molar-refractivity contribution in [3.05, 3.63) is 0 Å². The van der Waals surface area contributed by atoms with Crippen LogP contribution in [-0.4, -0.2) is 36.2 Å². The molecule has 0 aliphatic rings. The summed E-state index contributed by atoms with van der Waals surface area (Å²) in [5, 5.41) is 0. The van der Waals surface area contributed by atoms with Gasteiger partial charge < -0.3 is 19.0 Å². The quantitative estimate of drug-likeness (QED) is 0.475. The summed E-state index contributed by atoms with van der Waals surface area (Å²) in [7, 11) is 0.873. The average Bonchev–Trinajstić information content (AvgIpc) is 2.33. The minimum atomic E-state index is -2.46. The molecule has 0 fully saturated rings. The first kappa shape index (κ1) is 16.1. The molecule has 1 unspecified atom stereocenters. The predicted octanol–water partition coefficient (Wildman–Crippen LogP) is 2.02. The second-order valence-corrected chi connectivity index (χ2v) is 7.07. The maximum atomic E-state index is 5.84. The summed E-state index contributed by atoms with van der Waals surface area (Å²) in [6, 6.07) is 0.794. The summed E-state index contributed by atoms with van der Waals surface area (Å²) < 4.78 is 16.8. The number of unbranched alkanes of at least 4 members (excludes halogenated alkanes) is 2. The number of nitrogens with two attached hydrogens (primary N) is 1. The van der Waals surface area contributed by atoms with E-state index < -0.39 is 8.80 Å². The second kappa shape index (κ2) is 9.12. The van der Waals surface area contributed by atoms with Crippen molar-refractivity contribution in [1.82, 2.24) is 0 Å². The van der Waals surface area contributed by atoms with Crippen LogP contribution in [0, 0.1) is 5.92 Å². The van der Waals surface area contributed by atoms with Gasteiger partial charge in [0.05, 0.1) is 0 Å². The number of hydrogen-bond donors (Lipinski definition) is 1. The molecule has 1 atom stereocenters. The molecule has 0 saturated carbocycles. The monoisotopic (exact) mass is 249 g/mol. The van der Waals surface area contributed by atoms with Crippen LogP contribution >= 0.6 is 0 Å². The summed E-state index contributed by atoms with van der Waals surface area (Å²) in [6.45, 7) is 5.63. The van der Waals surface area contributed by atoms with Crippen LogP contribution in [0.25, 0.3) is 0 Å². The Balaban J connectivity index is 4.10. The van der Waals surface area contributed by atoms with Crippen molar-refractivity contribution in [2.45, 2.75) is 39.2 Å². The third-order valence-corrected chi connectivity index (χ3v) is 5.78. The standard InChI is InChI=1S/C11H27NO3Si/c1-5-6-7-8-15-16(13-3,14-4)10-11(2)9-12/h11H,5-10,12H2,1-4H3. The van der Waals surface area contributed by atoms with E-state index in [9.17, 15) is 0 Å². The smallest absolute Gasteiger partial charge is 0.377 e. The molecule has 0 aromatic heterocycles. The van der Waals surface area contributed by atoms with Gasteiger partial charge in [0.1, 0.15) is 0 Å². The van der Waals surface area contributed by atoms with Crippen LogP contribution in [0.15, 0.2) is 0 Å². The van der Waals surface area contributed by atoms with E-state index in [1.54, 1.807) is 14.2 Å². The molecule has 0 radical (unpaired) electrons. The molecule has 4 nitrogen and oxygen atoms in total. The van der Waals surface area contributed by atoms with Crippen molar-refractivity contribution in [3.63, 3.8) is 0 Å². The Kier molecular flexibility index (Phi) is 9.16. The van der Waals surface area contributed by atoms with Gasteiger partial charge in [-0.3, -0.25) is 0 Å². The van der Waals surface area contributed by atoms with Gasteiger partial charge in [0.25, 0.3) is 0 Å². The van der Waals surface area contributed by atoms with E-state index in [-0.39, 0.29) is 0 Å². The Hall–Kier alpha value is 0.0569. The van der Waals surface area contributed by atoms with E-state index in [2.05, 4.69) is 13.8 Å². The highest BCUT2D eigenvalue weighted by Crippen LogP contribution is 2.19. The molecule has 0 aromatic rings. The molecule has 0 aliphatic carbocycles. The zero-order valence-electron chi connectivity index (χ0n) is 11.1. The predicted molar refractivity (Wildman–Crippen MR) is 68.3 cm³/mol. The summed E-state index contributed by atoms with van der Waals surface area (Å²) in [4.78, 5) is 0. The molecule has 0 spiro atoms. The number of hydrogen-bond acceptors (Lipinski definition) is 4. The average molecular weight is 249 g/mol. The van der Waals surface area contributed by atoms with E-state index in [4.69, 9.17) is 19.0 Å². The van der Waals surface area contributed by atoms with Gasteiger partial charge in [0.2, 0.25) is 0 Å². The zero-order chi connectivity index (χ0) is 12.4. The maximum absolute atomic E-state index is 5.84. The molecule has 16 heavy (non-hydrogen) atoms. The van der Waals surface area contributed by atoms with Crippen LogP contribution in [0.1, 0.15) is 33.1 Å². The summed E-state index contributed by atoms with van der Waals surface area (Å²) >= 11 is 0. The molecule has 98 valence electrons. The Bertz CT molecular complexity index is 165. The van der Waals surface area contributed by atoms with Crippen molar-refractivity contribution in [1.29, 1.82) is 0 Å². The second-order valence-electron chi connectivity index (χ2n) is 4.19. The third kappa shape index (κ3) is 5.96. The number of rotatable bonds is 10. The van der Waals surface area contributed by atoms with E-state index in [0.29, 0.717) is 12.5 Å². The van der Waals surface area contributed by atoms with E-state index in [1.807, 2.05) is 0 Å². The fourth-order valence-electron chi connectivity index (χ4n) is 1.52. The normalized spacial score (nSPS) is 14.1. The lowest BCUT2D eigenvalue weighted by atomic mass is 10.2. The summed E-state index contributed by atoms with van der Waals surface area (Å²) in [6.07, 6.45) is 3.44. The molecular formula is C11H27NO3Si. The van der Waals surface area contributed by atoms with Gasteiger partial charge in [-0.15, -0.1) is 0 Å². The SMILES string of the molecule is CCCCCO[Si](CC(C)CN)(OC)OC. The van der Waals surface area contributed by atoms with Crippen molar-refractivity contribution < 1.29 is 13.3 Å². The maximum Gasteiger partial charge on any atom is 0.500 e. The van der Waals surface area contributed by atoms with Gasteiger partial charge in [0.15, 0.2) is 0 Å². The van der Waals surface area contributed by atoms with Gasteiger partial charge >= 0.3 is 8.80 Å². The third-order valence-electron chi connectivity index (χ3n) is 2.69. The van der Waals surface area contributed by atoms with Gasteiger partial charge in [-0.25, -0.2) is 0 Å². The molecule has 0 bridgehead atoms. The first-order valence-corrected chi connectivity index (χ1v) is 8.01. The molecular weight excluding hydrogens is 222 g/mol. The Morgan fingerprint density at radius 3 is 2.25 bits per heavy atom. The van der Waals surface area contributed by atoms with Crippen LogP contribution in [0.2, 0.25) is 6.04 Å². The molecule has 0 rings (SSSR count). The van der Waals surface area contributed by atoms with Gasteiger partial charge in [0, 0.05) is 26.9 Å².